The number of amides is 1. The summed E-state index contributed by atoms with van der Waals surface area (Å²) >= 11 is 12.2. The smallest absolute Gasteiger partial charge is 0.335 e. The number of nitrogens with one attached hydrogen (secondary N) is 1. The van der Waals surface area contributed by atoms with Crippen molar-refractivity contribution in [1.29, 1.82) is 0 Å². The second-order valence-electron chi connectivity index (χ2n) is 6.51. The molecule has 0 spiro atoms. The number of pyridine rings is 1. The minimum absolute atomic E-state index is 0.130. The highest BCUT2D eigenvalue weighted by Crippen LogP contribution is 2.24. The highest BCUT2D eigenvalue weighted by molar-refractivity contribution is 6.31. The largest absolute Gasteiger partial charge is 0.478 e. The van der Waals surface area contributed by atoms with Crippen LogP contribution in [0.5, 0.6) is 5.88 Å². The first kappa shape index (κ1) is 21.6. The standard InChI is InChI=1S/C22H18Cl2N2O4/c1-13(14-6-8-15(9-7-14)22(28)29)26-20(27)18-10-17(23)11-25-21(18)30-12-16-4-2-3-5-19(16)24/h2-11,13H,12H2,1H3,(H,26,27)(H,28,29)/t13-/m0/s1. The molecule has 0 saturated carbocycles. The van der Waals surface area contributed by atoms with E-state index in [0.29, 0.717) is 10.0 Å². The van der Waals surface area contributed by atoms with E-state index in [1.807, 2.05) is 18.2 Å². The van der Waals surface area contributed by atoms with Gasteiger partial charge in [0, 0.05) is 16.8 Å². The minimum Gasteiger partial charge on any atom is -0.478 e. The second kappa shape index (κ2) is 9.61. The topological polar surface area (TPSA) is 88.5 Å². The van der Waals surface area contributed by atoms with Gasteiger partial charge in [-0.15, -0.1) is 0 Å². The quantitative estimate of drug-likeness (QED) is 0.525. The minimum atomic E-state index is -1.01. The van der Waals surface area contributed by atoms with Gasteiger partial charge in [-0.2, -0.15) is 0 Å². The maximum atomic E-state index is 12.8. The number of ether oxygens (including phenoxy) is 1. The molecule has 1 heterocycles. The Hall–Kier alpha value is -3.09. The van der Waals surface area contributed by atoms with Gasteiger partial charge >= 0.3 is 5.97 Å². The van der Waals surface area contributed by atoms with Crippen LogP contribution < -0.4 is 10.1 Å². The summed E-state index contributed by atoms with van der Waals surface area (Å²) in [7, 11) is 0. The number of carbonyl (C=O) groups excluding carboxylic acids is 1. The maximum Gasteiger partial charge on any atom is 0.335 e. The first-order chi connectivity index (χ1) is 14.3. The predicted octanol–water partition coefficient (Wildman–Crippen LogP) is 5.16. The number of aromatic carboxylic acids is 1. The molecule has 3 aromatic rings. The van der Waals surface area contributed by atoms with Gasteiger partial charge in [0.1, 0.15) is 12.2 Å². The Bertz CT molecular complexity index is 1070. The first-order valence-corrected chi connectivity index (χ1v) is 9.76. The summed E-state index contributed by atoms with van der Waals surface area (Å²) in [5.41, 5.74) is 1.87. The van der Waals surface area contributed by atoms with Crippen molar-refractivity contribution in [3.8, 4) is 5.88 Å². The predicted molar refractivity (Wildman–Crippen MR) is 114 cm³/mol. The molecule has 0 fully saturated rings. The number of nitrogens with zero attached hydrogens (tertiary/aromatic N) is 1. The summed E-state index contributed by atoms with van der Waals surface area (Å²) in [6.45, 7) is 1.93. The van der Waals surface area contributed by atoms with Crippen molar-refractivity contribution in [2.24, 2.45) is 0 Å². The molecule has 0 aliphatic rings. The Morgan fingerprint density at radius 3 is 2.50 bits per heavy atom. The lowest BCUT2D eigenvalue weighted by atomic mass is 10.1. The lowest BCUT2D eigenvalue weighted by Crippen LogP contribution is -2.27. The molecule has 0 saturated heterocycles. The van der Waals surface area contributed by atoms with Gasteiger partial charge in [0.05, 0.1) is 16.6 Å². The van der Waals surface area contributed by atoms with Gasteiger partial charge in [-0.05, 0) is 36.8 Å². The Balaban J connectivity index is 1.75. The molecule has 2 N–H and O–H groups in total. The van der Waals surface area contributed by atoms with E-state index in [-0.39, 0.29) is 29.7 Å². The zero-order valence-corrected chi connectivity index (χ0v) is 17.4. The number of carbonyl (C=O) groups is 2. The van der Waals surface area contributed by atoms with Crippen molar-refractivity contribution < 1.29 is 19.4 Å². The number of rotatable bonds is 7. The molecule has 0 unspecified atom stereocenters. The van der Waals surface area contributed by atoms with Gasteiger partial charge in [0.15, 0.2) is 0 Å². The molecule has 0 aliphatic heterocycles. The number of carboxylic acid groups (broad SMARTS) is 1. The van der Waals surface area contributed by atoms with Gasteiger partial charge < -0.3 is 15.2 Å². The van der Waals surface area contributed by atoms with Crippen molar-refractivity contribution in [3.63, 3.8) is 0 Å². The Kier molecular flexibility index (Phi) is 6.92. The third-order valence-corrected chi connectivity index (χ3v) is 4.97. The molecular formula is C22H18Cl2N2O4. The second-order valence-corrected chi connectivity index (χ2v) is 7.35. The van der Waals surface area contributed by atoms with Crippen molar-refractivity contribution in [1.82, 2.24) is 10.3 Å². The summed E-state index contributed by atoms with van der Waals surface area (Å²) < 4.78 is 5.73. The van der Waals surface area contributed by atoms with E-state index in [1.54, 1.807) is 25.1 Å². The molecule has 2 aromatic carbocycles. The van der Waals surface area contributed by atoms with E-state index in [4.69, 9.17) is 33.0 Å². The fourth-order valence-corrected chi connectivity index (χ4v) is 3.09. The van der Waals surface area contributed by atoms with Crippen molar-refractivity contribution in [3.05, 3.63) is 93.1 Å². The van der Waals surface area contributed by atoms with Gasteiger partial charge in [0.2, 0.25) is 5.88 Å². The van der Waals surface area contributed by atoms with Crippen LogP contribution in [-0.4, -0.2) is 22.0 Å². The molecule has 6 nitrogen and oxygen atoms in total. The molecule has 0 bridgehead atoms. The molecule has 3 rings (SSSR count). The highest BCUT2D eigenvalue weighted by atomic mass is 35.5. The molecule has 154 valence electrons. The lowest BCUT2D eigenvalue weighted by molar-refractivity contribution is 0.0696. The first-order valence-electron chi connectivity index (χ1n) is 9.01. The van der Waals surface area contributed by atoms with Crippen LogP contribution in [0.4, 0.5) is 0 Å². The molecule has 0 radical (unpaired) electrons. The Morgan fingerprint density at radius 2 is 1.83 bits per heavy atom. The number of hydrogen-bond donors (Lipinski definition) is 2. The summed E-state index contributed by atoms with van der Waals surface area (Å²) in [6.07, 6.45) is 1.40. The number of benzene rings is 2. The van der Waals surface area contributed by atoms with Crippen molar-refractivity contribution >= 4 is 35.1 Å². The zero-order valence-electron chi connectivity index (χ0n) is 15.9. The molecule has 8 heteroatoms. The molecule has 0 aliphatic carbocycles. The van der Waals surface area contributed by atoms with Crippen LogP contribution in [-0.2, 0) is 6.61 Å². The fraction of sp³-hybridized carbons (Fsp3) is 0.136. The van der Waals surface area contributed by atoms with E-state index >= 15 is 0 Å². The summed E-state index contributed by atoms with van der Waals surface area (Å²) in [6, 6.07) is 14.6. The molecular weight excluding hydrogens is 427 g/mol. The molecule has 1 aromatic heterocycles. The summed E-state index contributed by atoms with van der Waals surface area (Å²) in [4.78, 5) is 28.0. The third-order valence-electron chi connectivity index (χ3n) is 4.39. The van der Waals surface area contributed by atoms with Crippen molar-refractivity contribution in [2.45, 2.75) is 19.6 Å². The van der Waals surface area contributed by atoms with Crippen LogP contribution in [0.25, 0.3) is 0 Å². The summed E-state index contributed by atoms with van der Waals surface area (Å²) in [5, 5.41) is 12.7. The number of carboxylic acids is 1. The Labute approximate surface area is 183 Å². The van der Waals surface area contributed by atoms with Crippen LogP contribution in [0.2, 0.25) is 10.0 Å². The normalized spacial score (nSPS) is 11.6. The zero-order chi connectivity index (χ0) is 21.7. The molecule has 1 amide bonds. The van der Waals surface area contributed by atoms with Crippen LogP contribution >= 0.6 is 23.2 Å². The van der Waals surface area contributed by atoms with E-state index in [0.717, 1.165) is 11.1 Å². The van der Waals surface area contributed by atoms with Crippen LogP contribution in [0.1, 0.15) is 44.8 Å². The number of hydrogen-bond acceptors (Lipinski definition) is 4. The molecule has 30 heavy (non-hydrogen) atoms. The average molecular weight is 445 g/mol. The summed E-state index contributed by atoms with van der Waals surface area (Å²) in [5.74, 6) is -1.30. The maximum absolute atomic E-state index is 12.8. The third kappa shape index (κ3) is 5.28. The van der Waals surface area contributed by atoms with Gasteiger partial charge in [-0.25, -0.2) is 9.78 Å². The van der Waals surface area contributed by atoms with Gasteiger partial charge in [-0.1, -0.05) is 53.5 Å². The lowest BCUT2D eigenvalue weighted by Gasteiger charge is -2.16. The average Bonchev–Trinajstić information content (AvgIpc) is 2.73. The highest BCUT2D eigenvalue weighted by Gasteiger charge is 2.18. The number of halogens is 2. The fourth-order valence-electron chi connectivity index (χ4n) is 2.74. The van der Waals surface area contributed by atoms with Gasteiger partial charge in [-0.3, -0.25) is 4.79 Å². The van der Waals surface area contributed by atoms with Crippen LogP contribution in [0, 0.1) is 0 Å². The van der Waals surface area contributed by atoms with Crippen molar-refractivity contribution in [2.75, 3.05) is 0 Å². The van der Waals surface area contributed by atoms with Gasteiger partial charge in [0.25, 0.3) is 5.91 Å². The Morgan fingerprint density at radius 1 is 1.13 bits per heavy atom. The van der Waals surface area contributed by atoms with Crippen LogP contribution in [0.15, 0.2) is 60.8 Å². The number of aromatic nitrogens is 1. The monoisotopic (exact) mass is 444 g/mol. The van der Waals surface area contributed by atoms with E-state index in [1.165, 1.54) is 24.4 Å². The SMILES string of the molecule is C[C@H](NC(=O)c1cc(Cl)cnc1OCc1ccccc1Cl)c1ccc(C(=O)O)cc1. The van der Waals surface area contributed by atoms with E-state index in [9.17, 15) is 9.59 Å². The van der Waals surface area contributed by atoms with E-state index in [2.05, 4.69) is 10.3 Å². The van der Waals surface area contributed by atoms with E-state index < -0.39 is 11.9 Å². The van der Waals surface area contributed by atoms with Crippen LogP contribution in [0.3, 0.4) is 0 Å². The molecule has 1 atom stereocenters.